The van der Waals surface area contributed by atoms with Gasteiger partial charge in [0.2, 0.25) is 0 Å². The van der Waals surface area contributed by atoms with Gasteiger partial charge in [0, 0.05) is 24.9 Å². The van der Waals surface area contributed by atoms with Crippen LogP contribution in [0.2, 0.25) is 0 Å². The van der Waals surface area contributed by atoms with E-state index < -0.39 is 0 Å². The highest BCUT2D eigenvalue weighted by Gasteiger charge is 2.18. The second kappa shape index (κ2) is 7.12. The molecule has 0 radical (unpaired) electrons. The van der Waals surface area contributed by atoms with E-state index in [1.165, 1.54) is 5.56 Å². The van der Waals surface area contributed by atoms with E-state index in [2.05, 4.69) is 34.2 Å². The molecule has 100 valence electrons. The Morgan fingerprint density at radius 2 is 2.17 bits per heavy atom. The zero-order valence-electron chi connectivity index (χ0n) is 10.7. The number of halogens is 1. The summed E-state index contributed by atoms with van der Waals surface area (Å²) in [5, 5.41) is 3.34. The molecule has 1 aliphatic rings. The normalized spacial score (nSPS) is 16.8. The number of para-hydroxylation sites is 1. The molecular formula is C14H20BrNO2. The van der Waals surface area contributed by atoms with Crippen LogP contribution in [0, 0.1) is 0 Å². The van der Waals surface area contributed by atoms with E-state index in [-0.39, 0.29) is 6.10 Å². The molecule has 0 aliphatic carbocycles. The van der Waals surface area contributed by atoms with Gasteiger partial charge in [-0.25, -0.2) is 0 Å². The summed E-state index contributed by atoms with van der Waals surface area (Å²) >= 11 is 3.58. The third kappa shape index (κ3) is 3.70. The van der Waals surface area contributed by atoms with Crippen LogP contribution in [0.3, 0.4) is 0 Å². The Bertz CT molecular complexity index is 378. The fourth-order valence-electron chi connectivity index (χ4n) is 2.04. The number of nitrogens with one attached hydrogen (secondary N) is 1. The van der Waals surface area contributed by atoms with E-state index in [0.29, 0.717) is 0 Å². The number of rotatable bonds is 5. The Kier molecular flexibility index (Phi) is 5.47. The summed E-state index contributed by atoms with van der Waals surface area (Å²) < 4.78 is 12.5. The van der Waals surface area contributed by atoms with Crippen LogP contribution in [-0.4, -0.2) is 25.9 Å². The first-order valence-electron chi connectivity index (χ1n) is 6.53. The van der Waals surface area contributed by atoms with Gasteiger partial charge in [0.1, 0.15) is 11.9 Å². The van der Waals surface area contributed by atoms with Crippen LogP contribution >= 0.6 is 15.9 Å². The van der Waals surface area contributed by atoms with E-state index in [0.717, 1.165) is 49.4 Å². The highest BCUT2D eigenvalue weighted by atomic mass is 79.9. The van der Waals surface area contributed by atoms with E-state index >= 15 is 0 Å². The quantitative estimate of drug-likeness (QED) is 0.906. The van der Waals surface area contributed by atoms with Gasteiger partial charge < -0.3 is 14.8 Å². The van der Waals surface area contributed by atoms with E-state index in [1.807, 2.05) is 12.1 Å². The molecule has 4 heteroatoms. The van der Waals surface area contributed by atoms with Crippen LogP contribution in [0.4, 0.5) is 0 Å². The Labute approximate surface area is 117 Å². The maximum Gasteiger partial charge on any atom is 0.138 e. The number of benzene rings is 1. The first-order valence-corrected chi connectivity index (χ1v) is 7.33. The Morgan fingerprint density at radius 1 is 1.39 bits per heavy atom. The molecule has 0 bridgehead atoms. The van der Waals surface area contributed by atoms with Crippen molar-refractivity contribution >= 4 is 15.9 Å². The third-order valence-electron chi connectivity index (χ3n) is 3.07. The van der Waals surface area contributed by atoms with Crippen LogP contribution in [0.15, 0.2) is 22.7 Å². The molecule has 1 fully saturated rings. The monoisotopic (exact) mass is 313 g/mol. The molecule has 0 unspecified atom stereocenters. The lowest BCUT2D eigenvalue weighted by Crippen LogP contribution is -2.26. The molecule has 2 rings (SSSR count). The molecule has 1 aromatic carbocycles. The number of ether oxygens (including phenoxy) is 2. The number of hydrogen-bond acceptors (Lipinski definition) is 3. The average Bonchev–Trinajstić information content (AvgIpc) is 2.41. The second-order valence-electron chi connectivity index (χ2n) is 4.44. The SMILES string of the molecule is CCNCc1cccc(Br)c1OC1CCOCC1. The van der Waals surface area contributed by atoms with Crippen molar-refractivity contribution in [1.29, 1.82) is 0 Å². The Balaban J connectivity index is 2.08. The average molecular weight is 314 g/mol. The minimum atomic E-state index is 0.276. The molecule has 0 atom stereocenters. The van der Waals surface area contributed by atoms with Crippen LogP contribution < -0.4 is 10.1 Å². The lowest BCUT2D eigenvalue weighted by molar-refractivity contribution is 0.0248. The van der Waals surface area contributed by atoms with E-state index in [1.54, 1.807) is 0 Å². The summed E-state index contributed by atoms with van der Waals surface area (Å²) in [5.41, 5.74) is 1.21. The maximum absolute atomic E-state index is 6.15. The highest BCUT2D eigenvalue weighted by molar-refractivity contribution is 9.10. The zero-order valence-corrected chi connectivity index (χ0v) is 12.3. The first kappa shape index (κ1) is 13.8. The Hall–Kier alpha value is -0.580. The van der Waals surface area contributed by atoms with Gasteiger partial charge in [-0.3, -0.25) is 0 Å². The van der Waals surface area contributed by atoms with Gasteiger partial charge in [0.25, 0.3) is 0 Å². The molecule has 18 heavy (non-hydrogen) atoms. The lowest BCUT2D eigenvalue weighted by Gasteiger charge is -2.25. The van der Waals surface area contributed by atoms with Gasteiger partial charge >= 0.3 is 0 Å². The highest BCUT2D eigenvalue weighted by Crippen LogP contribution is 2.31. The topological polar surface area (TPSA) is 30.5 Å². The van der Waals surface area contributed by atoms with Gasteiger partial charge in [-0.2, -0.15) is 0 Å². The van der Waals surface area contributed by atoms with Crippen molar-refractivity contribution in [3.05, 3.63) is 28.2 Å². The van der Waals surface area contributed by atoms with Gasteiger partial charge in [0.15, 0.2) is 0 Å². The first-order chi connectivity index (χ1) is 8.81. The van der Waals surface area contributed by atoms with Gasteiger partial charge in [-0.1, -0.05) is 19.1 Å². The minimum Gasteiger partial charge on any atom is -0.489 e. The van der Waals surface area contributed by atoms with Crippen molar-refractivity contribution < 1.29 is 9.47 Å². The predicted molar refractivity (Wildman–Crippen MR) is 76.0 cm³/mol. The summed E-state index contributed by atoms with van der Waals surface area (Å²) in [7, 11) is 0. The van der Waals surface area contributed by atoms with Crippen molar-refractivity contribution in [2.24, 2.45) is 0 Å². The van der Waals surface area contributed by atoms with Crippen molar-refractivity contribution in [1.82, 2.24) is 5.32 Å². The van der Waals surface area contributed by atoms with E-state index in [4.69, 9.17) is 9.47 Å². The number of hydrogen-bond donors (Lipinski definition) is 1. The molecular weight excluding hydrogens is 294 g/mol. The van der Waals surface area contributed by atoms with Crippen molar-refractivity contribution in [3.8, 4) is 5.75 Å². The van der Waals surface area contributed by atoms with Crippen molar-refractivity contribution in [3.63, 3.8) is 0 Å². The minimum absolute atomic E-state index is 0.276. The lowest BCUT2D eigenvalue weighted by atomic mass is 10.1. The summed E-state index contributed by atoms with van der Waals surface area (Å²) in [6, 6.07) is 6.19. The molecule has 1 heterocycles. The molecule has 1 saturated heterocycles. The van der Waals surface area contributed by atoms with Crippen LogP contribution in [0.25, 0.3) is 0 Å². The van der Waals surface area contributed by atoms with Crippen LogP contribution in [0.5, 0.6) is 5.75 Å². The fraction of sp³-hybridized carbons (Fsp3) is 0.571. The van der Waals surface area contributed by atoms with Gasteiger partial charge in [-0.15, -0.1) is 0 Å². The second-order valence-corrected chi connectivity index (χ2v) is 5.29. The van der Waals surface area contributed by atoms with Crippen LogP contribution in [0.1, 0.15) is 25.3 Å². The molecule has 0 spiro atoms. The zero-order chi connectivity index (χ0) is 12.8. The molecule has 3 nitrogen and oxygen atoms in total. The maximum atomic E-state index is 6.15. The van der Waals surface area contributed by atoms with Crippen molar-refractivity contribution in [2.75, 3.05) is 19.8 Å². The summed E-state index contributed by atoms with van der Waals surface area (Å²) in [5.74, 6) is 0.977. The smallest absolute Gasteiger partial charge is 0.138 e. The predicted octanol–water partition coefficient (Wildman–Crippen LogP) is 3.12. The molecule has 0 saturated carbocycles. The summed E-state index contributed by atoms with van der Waals surface area (Å²) in [6.07, 6.45) is 2.22. The Morgan fingerprint density at radius 3 is 2.89 bits per heavy atom. The van der Waals surface area contributed by atoms with Crippen molar-refractivity contribution in [2.45, 2.75) is 32.4 Å². The fourth-order valence-corrected chi connectivity index (χ4v) is 2.55. The van der Waals surface area contributed by atoms with Crippen LogP contribution in [-0.2, 0) is 11.3 Å². The summed E-state index contributed by atoms with van der Waals surface area (Å²) in [6.45, 7) is 5.52. The van der Waals surface area contributed by atoms with Gasteiger partial charge in [-0.05, 0) is 28.5 Å². The molecule has 0 aromatic heterocycles. The summed E-state index contributed by atoms with van der Waals surface area (Å²) in [4.78, 5) is 0. The molecule has 1 aromatic rings. The molecule has 1 aliphatic heterocycles. The van der Waals surface area contributed by atoms with E-state index in [9.17, 15) is 0 Å². The molecule has 1 N–H and O–H groups in total. The standard InChI is InChI=1S/C14H20BrNO2/c1-2-16-10-11-4-3-5-13(15)14(11)18-12-6-8-17-9-7-12/h3-5,12,16H,2,6-10H2,1H3. The molecule has 0 amide bonds. The van der Waals surface area contributed by atoms with Gasteiger partial charge in [0.05, 0.1) is 17.7 Å². The third-order valence-corrected chi connectivity index (χ3v) is 3.69. The largest absolute Gasteiger partial charge is 0.489 e.